The standard InChI is InChI=1S/C16H16N4O3S/c1-20(24(17,22)23)10-11-6-8-12(9-7-11)15-13-4-2-3-5-14(13)16(21)19-18-15/h2-9H,10H2,1H3,(H,19,21)(H2,17,22,23). The summed E-state index contributed by atoms with van der Waals surface area (Å²) in [6.07, 6.45) is 0. The fourth-order valence-corrected chi connectivity index (χ4v) is 2.78. The molecule has 0 radical (unpaired) electrons. The number of benzene rings is 2. The van der Waals surface area contributed by atoms with Crippen LogP contribution in [0.25, 0.3) is 22.0 Å². The van der Waals surface area contributed by atoms with Gasteiger partial charge in [-0.3, -0.25) is 4.79 Å². The maximum Gasteiger partial charge on any atom is 0.276 e. The van der Waals surface area contributed by atoms with Crippen LogP contribution in [0, 0.1) is 0 Å². The normalized spacial score (nSPS) is 12.0. The topological polar surface area (TPSA) is 109 Å². The van der Waals surface area contributed by atoms with E-state index >= 15 is 0 Å². The van der Waals surface area contributed by atoms with Crippen LogP contribution in [0.15, 0.2) is 53.3 Å². The number of H-pyrrole nitrogens is 1. The molecular weight excluding hydrogens is 328 g/mol. The van der Waals surface area contributed by atoms with Crippen molar-refractivity contribution in [2.75, 3.05) is 7.05 Å². The number of fused-ring (bicyclic) bond motifs is 1. The van der Waals surface area contributed by atoms with Crippen molar-refractivity contribution in [3.63, 3.8) is 0 Å². The quantitative estimate of drug-likeness (QED) is 0.741. The summed E-state index contributed by atoms with van der Waals surface area (Å²) in [7, 11) is -2.30. The third-order valence-corrected chi connectivity index (χ3v) is 4.76. The van der Waals surface area contributed by atoms with E-state index in [4.69, 9.17) is 5.14 Å². The molecule has 0 saturated heterocycles. The molecule has 124 valence electrons. The molecular formula is C16H16N4O3S. The van der Waals surface area contributed by atoms with Gasteiger partial charge in [0.1, 0.15) is 0 Å². The first kappa shape index (κ1) is 16.3. The largest absolute Gasteiger partial charge is 0.276 e. The lowest BCUT2D eigenvalue weighted by Crippen LogP contribution is -2.32. The molecule has 0 spiro atoms. The van der Waals surface area contributed by atoms with Gasteiger partial charge >= 0.3 is 0 Å². The number of rotatable bonds is 4. The first-order chi connectivity index (χ1) is 11.4. The van der Waals surface area contributed by atoms with Crippen LogP contribution in [-0.4, -0.2) is 30.0 Å². The Labute approximate surface area is 138 Å². The molecule has 3 aromatic rings. The molecule has 24 heavy (non-hydrogen) atoms. The number of aromatic nitrogens is 2. The van der Waals surface area contributed by atoms with Crippen molar-refractivity contribution >= 4 is 21.0 Å². The molecule has 0 bridgehead atoms. The third-order valence-electron chi connectivity index (χ3n) is 3.76. The molecule has 0 amide bonds. The number of aromatic amines is 1. The van der Waals surface area contributed by atoms with Gasteiger partial charge in [-0.15, -0.1) is 0 Å². The summed E-state index contributed by atoms with van der Waals surface area (Å²) < 4.78 is 23.6. The highest BCUT2D eigenvalue weighted by molar-refractivity contribution is 7.86. The predicted octanol–water partition coefficient (Wildman–Crippen LogP) is 1.23. The van der Waals surface area contributed by atoms with E-state index in [0.29, 0.717) is 11.1 Å². The van der Waals surface area contributed by atoms with Crippen LogP contribution in [0.5, 0.6) is 0 Å². The zero-order valence-corrected chi connectivity index (χ0v) is 13.7. The van der Waals surface area contributed by atoms with E-state index in [-0.39, 0.29) is 12.1 Å². The van der Waals surface area contributed by atoms with Crippen LogP contribution in [0.2, 0.25) is 0 Å². The minimum Gasteiger partial charge on any atom is -0.267 e. The molecule has 3 N–H and O–H groups in total. The lowest BCUT2D eigenvalue weighted by Gasteiger charge is -2.13. The average Bonchev–Trinajstić information content (AvgIpc) is 2.56. The van der Waals surface area contributed by atoms with Gasteiger partial charge in [-0.2, -0.15) is 17.8 Å². The highest BCUT2D eigenvalue weighted by Gasteiger charge is 2.12. The third kappa shape index (κ3) is 3.21. The van der Waals surface area contributed by atoms with Crippen LogP contribution < -0.4 is 10.7 Å². The SMILES string of the molecule is CN(Cc1ccc(-c2n[nH]c(=O)c3ccccc23)cc1)S(N)(=O)=O. The van der Waals surface area contributed by atoms with Crippen molar-refractivity contribution in [3.8, 4) is 11.3 Å². The van der Waals surface area contributed by atoms with Gasteiger partial charge < -0.3 is 0 Å². The summed E-state index contributed by atoms with van der Waals surface area (Å²) in [6.45, 7) is 0.179. The molecule has 0 aliphatic rings. The van der Waals surface area contributed by atoms with Crippen molar-refractivity contribution < 1.29 is 8.42 Å². The zero-order chi connectivity index (χ0) is 17.3. The highest BCUT2D eigenvalue weighted by atomic mass is 32.2. The second-order valence-electron chi connectivity index (χ2n) is 5.44. The van der Waals surface area contributed by atoms with Gasteiger partial charge in [0.25, 0.3) is 15.8 Å². The van der Waals surface area contributed by atoms with E-state index in [1.165, 1.54) is 7.05 Å². The van der Waals surface area contributed by atoms with E-state index < -0.39 is 10.2 Å². The van der Waals surface area contributed by atoms with Crippen molar-refractivity contribution in [1.82, 2.24) is 14.5 Å². The van der Waals surface area contributed by atoms with Crippen molar-refractivity contribution in [2.45, 2.75) is 6.54 Å². The monoisotopic (exact) mass is 344 g/mol. The van der Waals surface area contributed by atoms with Crippen molar-refractivity contribution in [3.05, 3.63) is 64.4 Å². The van der Waals surface area contributed by atoms with Gasteiger partial charge in [0.2, 0.25) is 0 Å². The number of nitrogens with two attached hydrogens (primary N) is 1. The lowest BCUT2D eigenvalue weighted by molar-refractivity contribution is 0.468. The fourth-order valence-electron chi connectivity index (χ4n) is 2.45. The van der Waals surface area contributed by atoms with E-state index in [0.717, 1.165) is 20.8 Å². The van der Waals surface area contributed by atoms with Gasteiger partial charge in [-0.05, 0) is 11.6 Å². The summed E-state index contributed by atoms with van der Waals surface area (Å²) in [6, 6.07) is 14.5. The van der Waals surface area contributed by atoms with E-state index in [1.807, 2.05) is 24.3 Å². The van der Waals surface area contributed by atoms with Crippen LogP contribution >= 0.6 is 0 Å². The minimum atomic E-state index is -3.72. The molecule has 7 nitrogen and oxygen atoms in total. The van der Waals surface area contributed by atoms with Gasteiger partial charge in [-0.25, -0.2) is 10.2 Å². The van der Waals surface area contributed by atoms with Crippen LogP contribution in [0.4, 0.5) is 0 Å². The maximum absolute atomic E-state index is 11.8. The zero-order valence-electron chi connectivity index (χ0n) is 12.9. The molecule has 2 aromatic carbocycles. The smallest absolute Gasteiger partial charge is 0.267 e. The van der Waals surface area contributed by atoms with Gasteiger partial charge in [0, 0.05) is 24.5 Å². The Bertz CT molecular complexity index is 1040. The van der Waals surface area contributed by atoms with Crippen LogP contribution in [0.1, 0.15) is 5.56 Å². The van der Waals surface area contributed by atoms with Gasteiger partial charge in [0.15, 0.2) is 0 Å². The number of nitrogens with one attached hydrogen (secondary N) is 1. The van der Waals surface area contributed by atoms with Crippen molar-refractivity contribution in [1.29, 1.82) is 0 Å². The first-order valence-electron chi connectivity index (χ1n) is 7.17. The molecule has 0 aliphatic carbocycles. The molecule has 0 fully saturated rings. The Kier molecular flexibility index (Phi) is 4.18. The second-order valence-corrected chi connectivity index (χ2v) is 7.10. The molecule has 0 aliphatic heterocycles. The lowest BCUT2D eigenvalue weighted by atomic mass is 10.0. The number of hydrogen-bond donors (Lipinski definition) is 2. The van der Waals surface area contributed by atoms with E-state index in [1.54, 1.807) is 24.3 Å². The van der Waals surface area contributed by atoms with Crippen molar-refractivity contribution in [2.24, 2.45) is 5.14 Å². The second kappa shape index (κ2) is 6.16. The van der Waals surface area contributed by atoms with Crippen LogP contribution in [-0.2, 0) is 16.8 Å². The van der Waals surface area contributed by atoms with E-state index in [9.17, 15) is 13.2 Å². The molecule has 8 heteroatoms. The highest BCUT2D eigenvalue weighted by Crippen LogP contribution is 2.24. The molecule has 3 rings (SSSR count). The Hall–Kier alpha value is -2.55. The summed E-state index contributed by atoms with van der Waals surface area (Å²) in [5.41, 5.74) is 2.05. The average molecular weight is 344 g/mol. The summed E-state index contributed by atoms with van der Waals surface area (Å²) in [5.74, 6) is 0. The molecule has 0 saturated carbocycles. The summed E-state index contributed by atoms with van der Waals surface area (Å²) >= 11 is 0. The minimum absolute atomic E-state index is 0.179. The van der Waals surface area contributed by atoms with Crippen LogP contribution in [0.3, 0.4) is 0 Å². The Morgan fingerprint density at radius 3 is 2.33 bits per heavy atom. The Morgan fingerprint density at radius 2 is 1.71 bits per heavy atom. The van der Waals surface area contributed by atoms with Gasteiger partial charge in [-0.1, -0.05) is 42.5 Å². The fraction of sp³-hybridized carbons (Fsp3) is 0.125. The summed E-state index contributed by atoms with van der Waals surface area (Å²) in [5, 5.41) is 13.0. The Morgan fingerprint density at radius 1 is 1.08 bits per heavy atom. The molecule has 1 heterocycles. The maximum atomic E-state index is 11.8. The first-order valence-corrected chi connectivity index (χ1v) is 8.67. The summed E-state index contributed by atoms with van der Waals surface area (Å²) in [4.78, 5) is 11.8. The number of hydrogen-bond acceptors (Lipinski definition) is 4. The molecule has 0 atom stereocenters. The van der Waals surface area contributed by atoms with E-state index in [2.05, 4.69) is 10.2 Å². The molecule has 0 unspecified atom stereocenters. The predicted molar refractivity (Wildman–Crippen MR) is 92.4 cm³/mol. The molecule has 1 aromatic heterocycles. The van der Waals surface area contributed by atoms with Gasteiger partial charge in [0.05, 0.1) is 11.1 Å². The number of nitrogens with zero attached hydrogens (tertiary/aromatic N) is 2. The Balaban J connectivity index is 1.98.